The molecule has 9 atom stereocenters. The highest BCUT2D eigenvalue weighted by molar-refractivity contribution is 7.99. The van der Waals surface area contributed by atoms with Crippen LogP contribution in [0.1, 0.15) is 59.4 Å². The van der Waals surface area contributed by atoms with Crippen molar-refractivity contribution in [3.63, 3.8) is 0 Å². The summed E-state index contributed by atoms with van der Waals surface area (Å²) in [6.07, 6.45) is 7.34. The minimum Gasteiger partial charge on any atom is -0.472 e. The largest absolute Gasteiger partial charge is 0.472 e. The first-order chi connectivity index (χ1) is 18.4. The Morgan fingerprint density at radius 3 is 2.72 bits per heavy atom. The van der Waals surface area contributed by atoms with Crippen molar-refractivity contribution in [3.8, 4) is 0 Å². The maximum absolute atomic E-state index is 16.1. The number of ketones is 2. The van der Waals surface area contributed by atoms with Crippen molar-refractivity contribution < 1.29 is 28.3 Å². The van der Waals surface area contributed by atoms with Crippen molar-refractivity contribution >= 4 is 23.3 Å². The minimum absolute atomic E-state index is 0.0682. The van der Waals surface area contributed by atoms with Gasteiger partial charge in [0.2, 0.25) is 0 Å². The van der Waals surface area contributed by atoms with E-state index in [4.69, 9.17) is 9.25 Å². The van der Waals surface area contributed by atoms with Crippen LogP contribution in [0.15, 0.2) is 46.8 Å². The molecule has 1 aromatic heterocycles. The lowest BCUT2D eigenvalue weighted by atomic mass is 9.35. The zero-order chi connectivity index (χ0) is 28.0. The number of aliphatic hydroxyl groups excluding tert-OH is 1. The second-order valence-electron chi connectivity index (χ2n) is 13.3. The van der Waals surface area contributed by atoms with Crippen LogP contribution in [0.25, 0.3) is 0 Å². The number of hydrogen-bond donors (Lipinski definition) is 1. The molecular weight excluding hydrogens is 517 g/mol. The Bertz CT molecular complexity index is 1250. The monoisotopic (exact) mass is 557 g/mol. The molecule has 8 heteroatoms. The summed E-state index contributed by atoms with van der Waals surface area (Å²) in [6.45, 7) is 11.5. The summed E-state index contributed by atoms with van der Waals surface area (Å²) in [7, 11) is 0. The Balaban J connectivity index is 1.45. The highest BCUT2D eigenvalue weighted by Gasteiger charge is 2.81. The number of halogens is 1. The number of hydrogen-bond acceptors (Lipinski definition) is 7. The molecule has 1 N–H and O–H groups in total. The van der Waals surface area contributed by atoms with Gasteiger partial charge in [-0.15, -0.1) is 0 Å². The molecule has 1 aliphatic heterocycles. The predicted octanol–water partition coefficient (Wildman–Crippen LogP) is 5.32. The maximum Gasteiger partial charge on any atom is 0.178 e. The molecule has 2 heterocycles. The van der Waals surface area contributed by atoms with E-state index in [0.29, 0.717) is 37.3 Å². The molecule has 0 aromatic carbocycles. The normalized spacial score (nSPS) is 46.8. The van der Waals surface area contributed by atoms with Gasteiger partial charge in [-0.3, -0.25) is 14.4 Å². The van der Waals surface area contributed by atoms with E-state index in [2.05, 4.69) is 20.8 Å². The Hall–Kier alpha value is -1.74. The Kier molecular flexibility index (Phi) is 6.24. The molecule has 3 saturated carbocycles. The minimum atomic E-state index is -1.28. The van der Waals surface area contributed by atoms with Gasteiger partial charge in [0, 0.05) is 34.3 Å². The van der Waals surface area contributed by atoms with Gasteiger partial charge >= 0.3 is 0 Å². The van der Waals surface area contributed by atoms with E-state index in [9.17, 15) is 14.7 Å². The fourth-order valence-corrected chi connectivity index (χ4v) is 10.3. The summed E-state index contributed by atoms with van der Waals surface area (Å²) >= 11 is 1.59. The van der Waals surface area contributed by atoms with Crippen molar-refractivity contribution in [1.82, 2.24) is 5.06 Å². The molecule has 4 aliphatic carbocycles. The second-order valence-corrected chi connectivity index (χ2v) is 14.6. The number of rotatable bonds is 6. The van der Waals surface area contributed by atoms with Crippen LogP contribution in [0.5, 0.6) is 0 Å². The summed E-state index contributed by atoms with van der Waals surface area (Å²) in [5, 5.41) is 14.0. The number of alkyl halides is 1. The van der Waals surface area contributed by atoms with Gasteiger partial charge in [0.1, 0.15) is 6.17 Å². The molecule has 6 rings (SSSR count). The fourth-order valence-electron chi connectivity index (χ4n) is 9.74. The molecule has 0 radical (unpaired) electrons. The Morgan fingerprint density at radius 1 is 1.26 bits per heavy atom. The molecule has 1 aromatic rings. The van der Waals surface area contributed by atoms with E-state index in [-0.39, 0.29) is 29.8 Å². The summed E-state index contributed by atoms with van der Waals surface area (Å²) in [5.74, 6) is 0.743. The number of thioether (sulfide) groups is 1. The van der Waals surface area contributed by atoms with E-state index >= 15 is 4.39 Å². The third-order valence-electron chi connectivity index (χ3n) is 12.0. The van der Waals surface area contributed by atoms with Gasteiger partial charge in [0.05, 0.1) is 30.9 Å². The third-order valence-corrected chi connectivity index (χ3v) is 12.9. The van der Waals surface area contributed by atoms with Crippen LogP contribution >= 0.6 is 11.8 Å². The van der Waals surface area contributed by atoms with Crippen LogP contribution < -0.4 is 0 Å². The molecule has 39 heavy (non-hydrogen) atoms. The number of hydroxylamine groups is 2. The van der Waals surface area contributed by atoms with E-state index in [1.165, 1.54) is 12.2 Å². The van der Waals surface area contributed by atoms with Gasteiger partial charge < -0.3 is 9.52 Å². The summed E-state index contributed by atoms with van der Waals surface area (Å²) in [5.41, 5.74) is -2.32. The topological polar surface area (TPSA) is 80.0 Å². The average Bonchev–Trinajstić information content (AvgIpc) is 3.57. The van der Waals surface area contributed by atoms with Crippen molar-refractivity contribution in [2.45, 2.75) is 78.3 Å². The molecule has 9 unspecified atom stereocenters. The number of carbonyl (C=O) groups is 2. The molecule has 0 bridgehead atoms. The zero-order valence-electron chi connectivity index (χ0n) is 23.5. The molecule has 0 amide bonds. The zero-order valence-corrected chi connectivity index (χ0v) is 24.4. The van der Waals surface area contributed by atoms with Crippen molar-refractivity contribution in [3.05, 3.63) is 48.0 Å². The summed E-state index contributed by atoms with van der Waals surface area (Å²) in [6, 6.07) is 1.90. The van der Waals surface area contributed by atoms with E-state index in [0.717, 1.165) is 11.3 Å². The van der Waals surface area contributed by atoms with Gasteiger partial charge in [-0.05, 0) is 60.1 Å². The predicted molar refractivity (Wildman–Crippen MR) is 147 cm³/mol. The van der Waals surface area contributed by atoms with Crippen molar-refractivity contribution in [2.24, 2.45) is 33.5 Å². The molecule has 5 aliphatic rings. The maximum atomic E-state index is 16.1. The van der Waals surface area contributed by atoms with Crippen LogP contribution in [0, 0.1) is 33.5 Å². The second kappa shape index (κ2) is 8.88. The number of allylic oxidation sites excluding steroid dienone is 4. The van der Waals surface area contributed by atoms with Crippen LogP contribution in [-0.4, -0.2) is 57.7 Å². The molecule has 0 spiro atoms. The van der Waals surface area contributed by atoms with Crippen molar-refractivity contribution in [1.29, 1.82) is 0 Å². The molecular formula is C31H40FNO5S. The summed E-state index contributed by atoms with van der Waals surface area (Å²) in [4.78, 5) is 33.4. The first-order valence-electron chi connectivity index (χ1n) is 14.2. The first kappa shape index (κ1) is 27.4. The number of carbonyl (C=O) groups excluding carboxylic acids is 2. The van der Waals surface area contributed by atoms with Crippen LogP contribution in [-0.2, 0) is 21.0 Å². The number of Topliss-reactive ketones (excluding diaryl/α,β-unsaturated/α-hetero) is 1. The lowest BCUT2D eigenvalue weighted by Gasteiger charge is -2.69. The molecule has 6 nitrogen and oxygen atoms in total. The number of aliphatic hydroxyl groups is 1. The van der Waals surface area contributed by atoms with Crippen LogP contribution in [0.4, 0.5) is 4.39 Å². The summed E-state index contributed by atoms with van der Waals surface area (Å²) < 4.78 is 21.4. The number of furan rings is 1. The van der Waals surface area contributed by atoms with Crippen LogP contribution in [0.3, 0.4) is 0 Å². The van der Waals surface area contributed by atoms with Crippen LogP contribution in [0.2, 0.25) is 0 Å². The van der Waals surface area contributed by atoms with Gasteiger partial charge in [-0.1, -0.05) is 40.7 Å². The highest BCUT2D eigenvalue weighted by Crippen LogP contribution is 2.79. The quantitative estimate of drug-likeness (QED) is 0.507. The van der Waals surface area contributed by atoms with E-state index < -0.39 is 39.5 Å². The van der Waals surface area contributed by atoms with E-state index in [1.807, 2.05) is 31.1 Å². The lowest BCUT2D eigenvalue weighted by Crippen LogP contribution is -2.71. The first-order valence-corrected chi connectivity index (χ1v) is 15.4. The lowest BCUT2D eigenvalue weighted by molar-refractivity contribution is -0.284. The standard InChI is InChI=1S/C31H40FNO5S/c1-6-39-18-26(36)31-20(16-33(38-31)15-19-8-10-37-17-19)13-28(3)24-12-23(32)22-11-21(34)7-9-27(22,2)30(24,5)25(35)14-29(28,31)4/h7-11,17,20,23-25,35H,6,12-16,18H2,1-5H3. The number of nitrogens with zero attached hydrogens (tertiary/aromatic N) is 1. The highest BCUT2D eigenvalue weighted by atomic mass is 32.2. The fraction of sp³-hybridized carbons (Fsp3) is 0.677. The SMILES string of the molecule is CCSCC(=O)C12ON(Cc3ccoc3)CC1CC1(C)C3CC(F)C4=CC(=O)C=CC4(C)C3(C)C(O)CC12C. The van der Waals surface area contributed by atoms with Gasteiger partial charge in [-0.25, -0.2) is 4.39 Å². The van der Waals surface area contributed by atoms with E-state index in [1.54, 1.807) is 24.3 Å². The number of fused-ring (bicyclic) bond motifs is 7. The Labute approximate surface area is 234 Å². The average molecular weight is 558 g/mol. The van der Waals surface area contributed by atoms with Crippen molar-refractivity contribution in [2.75, 3.05) is 18.1 Å². The van der Waals surface area contributed by atoms with Gasteiger partial charge in [0.15, 0.2) is 17.2 Å². The molecule has 4 fully saturated rings. The third kappa shape index (κ3) is 3.32. The van der Waals surface area contributed by atoms with Gasteiger partial charge in [-0.2, -0.15) is 16.8 Å². The van der Waals surface area contributed by atoms with Gasteiger partial charge in [0.25, 0.3) is 0 Å². The smallest absolute Gasteiger partial charge is 0.178 e. The Morgan fingerprint density at radius 2 is 2.03 bits per heavy atom. The molecule has 1 saturated heterocycles. The molecule has 212 valence electrons.